The second-order valence-electron chi connectivity index (χ2n) is 3.19. The Morgan fingerprint density at radius 2 is 1.71 bits per heavy atom. The summed E-state index contributed by atoms with van der Waals surface area (Å²) in [6.07, 6.45) is 2.68. The van der Waals surface area contributed by atoms with Crippen molar-refractivity contribution in [2.45, 2.75) is 26.4 Å². The van der Waals surface area contributed by atoms with Crippen molar-refractivity contribution in [1.29, 1.82) is 0 Å². The Bertz CT molecular complexity index is 114. The Morgan fingerprint density at radius 3 is 2.14 bits per heavy atom. The van der Waals surface area contributed by atoms with Crippen LogP contribution in [0.2, 0.25) is 0 Å². The van der Waals surface area contributed by atoms with Gasteiger partial charge in [0.15, 0.2) is 0 Å². The molecule has 1 aliphatic rings. The van der Waals surface area contributed by atoms with Crippen molar-refractivity contribution in [2.75, 3.05) is 32.7 Å². The minimum absolute atomic E-state index is 1.18. The summed E-state index contributed by atoms with van der Waals surface area (Å²) in [7, 11) is 0. The molecule has 2 nitrogen and oxygen atoms in total. The number of piperazine rings is 1. The second kappa shape index (κ2) is 9.27. The van der Waals surface area contributed by atoms with Crippen molar-refractivity contribution >= 4 is 0 Å². The number of alkyl halides is 3. The zero-order valence-electron chi connectivity index (χ0n) is 8.61. The minimum atomic E-state index is -3.67. The first kappa shape index (κ1) is 13.7. The van der Waals surface area contributed by atoms with Gasteiger partial charge in [0.25, 0.3) is 0 Å². The molecule has 1 aliphatic heterocycles. The molecule has 1 rings (SSSR count). The second-order valence-corrected chi connectivity index (χ2v) is 3.19. The highest BCUT2D eigenvalue weighted by molar-refractivity contribution is 4.66. The number of nitrogens with one attached hydrogen (secondary N) is 1. The van der Waals surface area contributed by atoms with Crippen LogP contribution < -0.4 is 5.32 Å². The Hall–Kier alpha value is -0.290. The fraction of sp³-hybridized carbons (Fsp3) is 1.00. The van der Waals surface area contributed by atoms with Crippen molar-refractivity contribution in [2.24, 2.45) is 0 Å². The Morgan fingerprint density at radius 1 is 1.21 bits per heavy atom. The molecule has 0 radical (unpaired) electrons. The third-order valence-corrected chi connectivity index (χ3v) is 2.04. The summed E-state index contributed by atoms with van der Waals surface area (Å²) in [6.45, 7) is 4.76. The lowest BCUT2D eigenvalue weighted by Crippen LogP contribution is -2.43. The maximum atomic E-state index is 9.67. The van der Waals surface area contributed by atoms with Gasteiger partial charge in [-0.3, -0.25) is 0 Å². The lowest BCUT2D eigenvalue weighted by atomic mass is 10.3. The quantitative estimate of drug-likeness (QED) is 0.768. The van der Waals surface area contributed by atoms with Crippen LogP contribution in [-0.4, -0.2) is 44.3 Å². The molecule has 0 atom stereocenters. The molecule has 1 heterocycles. The van der Waals surface area contributed by atoms with Gasteiger partial charge in [0.05, 0.1) is 0 Å². The predicted octanol–water partition coefficient (Wildman–Crippen LogP) is 1.87. The minimum Gasteiger partial charge on any atom is -0.314 e. The Kier molecular flexibility index (Phi) is 9.08. The topological polar surface area (TPSA) is 15.3 Å². The third kappa shape index (κ3) is 9.80. The van der Waals surface area contributed by atoms with Gasteiger partial charge in [0.2, 0.25) is 0 Å². The first-order valence-corrected chi connectivity index (χ1v) is 5.02. The van der Waals surface area contributed by atoms with Crippen molar-refractivity contribution in [3.05, 3.63) is 0 Å². The van der Waals surface area contributed by atoms with Crippen molar-refractivity contribution in [3.63, 3.8) is 0 Å². The molecule has 0 aromatic carbocycles. The standard InChI is InChI=1S/C8H18N2.CHF3/c1-2-3-6-10-7-4-9-5-8-10;2-1(3)4/h9H,2-8H2,1H3;1H. The van der Waals surface area contributed by atoms with E-state index < -0.39 is 6.68 Å². The van der Waals surface area contributed by atoms with Crippen LogP contribution in [0.3, 0.4) is 0 Å². The molecule has 0 unspecified atom stereocenters. The molecule has 0 saturated carbocycles. The van der Waals surface area contributed by atoms with Crippen LogP contribution in [-0.2, 0) is 0 Å². The van der Waals surface area contributed by atoms with Gasteiger partial charge in [-0.15, -0.1) is 0 Å². The summed E-state index contributed by atoms with van der Waals surface area (Å²) in [4.78, 5) is 2.54. The van der Waals surface area contributed by atoms with E-state index in [1.54, 1.807) is 0 Å². The summed E-state index contributed by atoms with van der Waals surface area (Å²) in [6, 6.07) is 0. The van der Waals surface area contributed by atoms with Crippen LogP contribution >= 0.6 is 0 Å². The molecule has 0 aliphatic carbocycles. The zero-order valence-corrected chi connectivity index (χ0v) is 8.61. The van der Waals surface area contributed by atoms with E-state index in [2.05, 4.69) is 17.1 Å². The van der Waals surface area contributed by atoms with E-state index in [1.807, 2.05) is 0 Å². The monoisotopic (exact) mass is 212 g/mol. The molecule has 1 N–H and O–H groups in total. The van der Waals surface area contributed by atoms with Gasteiger partial charge >= 0.3 is 6.68 Å². The average molecular weight is 212 g/mol. The zero-order chi connectivity index (χ0) is 10.8. The van der Waals surface area contributed by atoms with E-state index in [0.29, 0.717) is 0 Å². The van der Waals surface area contributed by atoms with Gasteiger partial charge in [-0.2, -0.15) is 13.2 Å². The fourth-order valence-corrected chi connectivity index (χ4v) is 1.32. The highest BCUT2D eigenvalue weighted by Gasteiger charge is 2.06. The summed E-state index contributed by atoms with van der Waals surface area (Å²) in [5, 5.41) is 3.35. The highest BCUT2D eigenvalue weighted by atomic mass is 19.4. The van der Waals surface area contributed by atoms with Gasteiger partial charge in [-0.25, -0.2) is 0 Å². The molecule has 0 aromatic heterocycles. The van der Waals surface area contributed by atoms with E-state index in [1.165, 1.54) is 45.6 Å². The van der Waals surface area contributed by atoms with Crippen LogP contribution in [0, 0.1) is 0 Å². The third-order valence-electron chi connectivity index (χ3n) is 2.04. The summed E-state index contributed by atoms with van der Waals surface area (Å²) in [5.74, 6) is 0. The first-order chi connectivity index (χ1) is 6.66. The van der Waals surface area contributed by atoms with E-state index in [-0.39, 0.29) is 0 Å². The molecule has 1 fully saturated rings. The van der Waals surface area contributed by atoms with Gasteiger partial charge in [-0.1, -0.05) is 13.3 Å². The number of nitrogens with zero attached hydrogens (tertiary/aromatic N) is 1. The number of hydrogen-bond acceptors (Lipinski definition) is 2. The molecule has 1 saturated heterocycles. The van der Waals surface area contributed by atoms with Gasteiger partial charge in [0.1, 0.15) is 0 Å². The SMILES string of the molecule is CCCCN1CCNCC1.FC(F)F. The fourth-order valence-electron chi connectivity index (χ4n) is 1.32. The van der Waals surface area contributed by atoms with Crippen LogP contribution in [0.25, 0.3) is 0 Å². The largest absolute Gasteiger partial charge is 0.379 e. The van der Waals surface area contributed by atoms with E-state index >= 15 is 0 Å². The highest BCUT2D eigenvalue weighted by Crippen LogP contribution is 1.95. The van der Waals surface area contributed by atoms with Crippen LogP contribution in [0.4, 0.5) is 13.2 Å². The van der Waals surface area contributed by atoms with Crippen LogP contribution in [0.1, 0.15) is 19.8 Å². The van der Waals surface area contributed by atoms with Crippen molar-refractivity contribution < 1.29 is 13.2 Å². The lowest BCUT2D eigenvalue weighted by Gasteiger charge is -2.26. The number of hydrogen-bond donors (Lipinski definition) is 1. The maximum absolute atomic E-state index is 9.67. The van der Waals surface area contributed by atoms with Crippen LogP contribution in [0.5, 0.6) is 0 Å². The molecule has 0 aromatic rings. The molecular formula is C9H19F3N2. The number of unbranched alkanes of at least 4 members (excludes halogenated alkanes) is 1. The molecule has 0 spiro atoms. The van der Waals surface area contributed by atoms with Crippen LogP contribution in [0.15, 0.2) is 0 Å². The van der Waals surface area contributed by atoms with E-state index in [9.17, 15) is 13.2 Å². The molecule has 0 bridgehead atoms. The molecular weight excluding hydrogens is 193 g/mol. The van der Waals surface area contributed by atoms with Gasteiger partial charge in [-0.05, 0) is 13.0 Å². The Labute approximate surface area is 83.5 Å². The normalized spacial score (nSPS) is 17.8. The van der Waals surface area contributed by atoms with E-state index in [0.717, 1.165) is 0 Å². The summed E-state index contributed by atoms with van der Waals surface area (Å²) < 4.78 is 29.0. The van der Waals surface area contributed by atoms with Crippen molar-refractivity contribution in [3.8, 4) is 0 Å². The first-order valence-electron chi connectivity index (χ1n) is 5.02. The summed E-state index contributed by atoms with van der Waals surface area (Å²) in [5.41, 5.74) is 0. The van der Waals surface area contributed by atoms with E-state index in [4.69, 9.17) is 0 Å². The molecule has 86 valence electrons. The summed E-state index contributed by atoms with van der Waals surface area (Å²) >= 11 is 0. The van der Waals surface area contributed by atoms with Gasteiger partial charge in [0, 0.05) is 26.2 Å². The van der Waals surface area contributed by atoms with Gasteiger partial charge < -0.3 is 10.2 Å². The van der Waals surface area contributed by atoms with Crippen molar-refractivity contribution in [1.82, 2.24) is 10.2 Å². The molecule has 5 heteroatoms. The number of rotatable bonds is 3. The lowest BCUT2D eigenvalue weighted by molar-refractivity contribution is 0.00819. The molecule has 0 amide bonds. The maximum Gasteiger partial charge on any atom is 0.379 e. The molecule has 14 heavy (non-hydrogen) atoms. The predicted molar refractivity (Wildman–Crippen MR) is 51.3 cm³/mol. The average Bonchev–Trinajstić information content (AvgIpc) is 2.15. The smallest absolute Gasteiger partial charge is 0.314 e. The Balaban J connectivity index is 0.000000364. The number of halogens is 3.